The summed E-state index contributed by atoms with van der Waals surface area (Å²) in [5.41, 5.74) is 4.20. The third kappa shape index (κ3) is 3.24. The molecule has 0 spiro atoms. The Morgan fingerprint density at radius 2 is 2.00 bits per heavy atom. The second-order valence-electron chi connectivity index (χ2n) is 7.12. The van der Waals surface area contributed by atoms with Gasteiger partial charge in [0, 0.05) is 23.8 Å². The molecule has 144 valence electrons. The summed E-state index contributed by atoms with van der Waals surface area (Å²) in [4.78, 5) is 38.7. The Labute approximate surface area is 167 Å². The number of amides is 3. The number of hydrogen-bond donors (Lipinski definition) is 2. The number of benzene rings is 2. The topological polar surface area (TPSA) is 78.5 Å². The molecule has 3 amide bonds. The molecule has 6 nitrogen and oxygen atoms in total. The summed E-state index contributed by atoms with van der Waals surface area (Å²) < 4.78 is 0. The summed E-state index contributed by atoms with van der Waals surface area (Å²) in [6, 6.07) is 10.8. The molecule has 0 saturated carbocycles. The van der Waals surface area contributed by atoms with E-state index in [1.165, 1.54) is 0 Å². The van der Waals surface area contributed by atoms with Gasteiger partial charge >= 0.3 is 11.8 Å². The fraction of sp³-hybridized carbons (Fsp3) is 0.286. The number of rotatable bonds is 3. The molecule has 0 aromatic heterocycles. The molecular weight excluding hydrogens is 378 g/mol. The summed E-state index contributed by atoms with van der Waals surface area (Å²) in [5.74, 6) is -1.63. The average Bonchev–Trinajstić information content (AvgIpc) is 2.93. The van der Waals surface area contributed by atoms with Gasteiger partial charge in [0.15, 0.2) is 0 Å². The first-order valence-corrected chi connectivity index (χ1v) is 9.64. The van der Waals surface area contributed by atoms with Crippen LogP contribution in [-0.4, -0.2) is 24.3 Å². The van der Waals surface area contributed by atoms with Crippen molar-refractivity contribution in [3.8, 4) is 0 Å². The van der Waals surface area contributed by atoms with Gasteiger partial charge in [0.2, 0.25) is 5.91 Å². The summed E-state index contributed by atoms with van der Waals surface area (Å²) >= 11 is 6.06. The molecule has 2 aliphatic rings. The lowest BCUT2D eigenvalue weighted by atomic mass is 9.96. The average molecular weight is 398 g/mol. The SMILES string of the molecule is CC1C(=O)N2CCCc3cc(NC(=O)C(=O)NCc4ccccc4Cl)cc1c32. The zero-order chi connectivity index (χ0) is 19.8. The highest BCUT2D eigenvalue weighted by molar-refractivity contribution is 6.39. The maximum absolute atomic E-state index is 12.4. The zero-order valence-corrected chi connectivity index (χ0v) is 16.2. The quantitative estimate of drug-likeness (QED) is 0.781. The first-order valence-electron chi connectivity index (χ1n) is 9.26. The summed E-state index contributed by atoms with van der Waals surface area (Å²) in [5, 5.41) is 5.77. The molecular formula is C21H20ClN3O3. The minimum atomic E-state index is -0.746. The van der Waals surface area contributed by atoms with E-state index in [1.807, 2.05) is 24.0 Å². The van der Waals surface area contributed by atoms with E-state index < -0.39 is 11.8 Å². The van der Waals surface area contributed by atoms with Crippen molar-refractivity contribution in [3.63, 3.8) is 0 Å². The Morgan fingerprint density at radius 3 is 2.79 bits per heavy atom. The fourth-order valence-corrected chi connectivity index (χ4v) is 4.06. The Morgan fingerprint density at radius 1 is 1.21 bits per heavy atom. The van der Waals surface area contributed by atoms with Crippen molar-refractivity contribution >= 4 is 40.7 Å². The van der Waals surface area contributed by atoms with Crippen molar-refractivity contribution in [1.29, 1.82) is 0 Å². The molecule has 7 heteroatoms. The predicted octanol–water partition coefficient (Wildman–Crippen LogP) is 2.99. The highest BCUT2D eigenvalue weighted by Gasteiger charge is 2.38. The lowest BCUT2D eigenvalue weighted by Gasteiger charge is -2.26. The van der Waals surface area contributed by atoms with Crippen LogP contribution >= 0.6 is 11.6 Å². The van der Waals surface area contributed by atoms with Crippen molar-refractivity contribution in [3.05, 3.63) is 58.1 Å². The van der Waals surface area contributed by atoms with E-state index >= 15 is 0 Å². The molecule has 2 N–H and O–H groups in total. The van der Waals surface area contributed by atoms with Crippen molar-refractivity contribution in [2.45, 2.75) is 32.2 Å². The highest BCUT2D eigenvalue weighted by atomic mass is 35.5. The van der Waals surface area contributed by atoms with E-state index in [0.29, 0.717) is 10.7 Å². The molecule has 2 aromatic carbocycles. The van der Waals surface area contributed by atoms with Gasteiger partial charge in [-0.2, -0.15) is 0 Å². The van der Waals surface area contributed by atoms with Gasteiger partial charge in [-0.25, -0.2) is 0 Å². The first kappa shape index (κ1) is 18.5. The molecule has 4 rings (SSSR count). The van der Waals surface area contributed by atoms with Gasteiger partial charge in [-0.3, -0.25) is 14.4 Å². The van der Waals surface area contributed by atoms with Gasteiger partial charge in [0.1, 0.15) is 0 Å². The van der Waals surface area contributed by atoms with Crippen molar-refractivity contribution in [2.75, 3.05) is 16.8 Å². The van der Waals surface area contributed by atoms with Gasteiger partial charge in [-0.1, -0.05) is 29.8 Å². The van der Waals surface area contributed by atoms with Crippen LogP contribution < -0.4 is 15.5 Å². The van der Waals surface area contributed by atoms with Crippen LogP contribution in [0, 0.1) is 0 Å². The molecule has 0 fully saturated rings. The zero-order valence-electron chi connectivity index (χ0n) is 15.4. The van der Waals surface area contributed by atoms with Crippen LogP contribution in [0.3, 0.4) is 0 Å². The molecule has 28 heavy (non-hydrogen) atoms. The Kier molecular flexibility index (Phi) is 4.81. The Hall–Kier alpha value is -2.86. The predicted molar refractivity (Wildman–Crippen MR) is 107 cm³/mol. The molecule has 1 atom stereocenters. The van der Waals surface area contributed by atoms with Gasteiger partial charge in [-0.05, 0) is 54.7 Å². The van der Waals surface area contributed by atoms with Crippen molar-refractivity contribution in [2.24, 2.45) is 0 Å². The summed E-state index contributed by atoms with van der Waals surface area (Å²) in [6.45, 7) is 2.78. The minimum absolute atomic E-state index is 0.0944. The Bertz CT molecular complexity index is 989. The number of carbonyl (C=O) groups excluding carboxylic acids is 3. The first-order chi connectivity index (χ1) is 13.5. The third-order valence-corrected chi connectivity index (χ3v) is 5.65. The largest absolute Gasteiger partial charge is 0.344 e. The summed E-state index contributed by atoms with van der Waals surface area (Å²) in [7, 11) is 0. The van der Waals surface area contributed by atoms with Gasteiger partial charge < -0.3 is 15.5 Å². The van der Waals surface area contributed by atoms with Crippen LogP contribution in [0.5, 0.6) is 0 Å². The molecule has 0 saturated heterocycles. The molecule has 0 bridgehead atoms. The number of anilines is 2. The lowest BCUT2D eigenvalue weighted by Crippen LogP contribution is -2.35. The van der Waals surface area contributed by atoms with Crippen LogP contribution in [0.15, 0.2) is 36.4 Å². The second kappa shape index (κ2) is 7.28. The molecule has 2 heterocycles. The molecule has 0 aliphatic carbocycles. The van der Waals surface area contributed by atoms with Gasteiger partial charge in [-0.15, -0.1) is 0 Å². The van der Waals surface area contributed by atoms with Crippen LogP contribution in [-0.2, 0) is 27.3 Å². The maximum Gasteiger partial charge on any atom is 0.313 e. The normalized spacial score (nSPS) is 17.3. The number of nitrogens with zero attached hydrogens (tertiary/aromatic N) is 1. The highest BCUT2D eigenvalue weighted by Crippen LogP contribution is 2.44. The van der Waals surface area contributed by atoms with E-state index in [4.69, 9.17) is 11.6 Å². The molecule has 2 aliphatic heterocycles. The standard InChI is InChI=1S/C21H20ClN3O3/c1-12-16-10-15(9-13-6-4-8-25(18(13)16)21(12)28)24-20(27)19(26)23-11-14-5-2-3-7-17(14)22/h2-3,5,7,9-10,12H,4,6,8,11H2,1H3,(H,23,26)(H,24,27). The minimum Gasteiger partial charge on any atom is -0.344 e. The maximum atomic E-state index is 12.4. The summed E-state index contributed by atoms with van der Waals surface area (Å²) in [6.07, 6.45) is 1.74. The number of halogens is 1. The van der Waals surface area contributed by atoms with Crippen LogP contribution in [0.2, 0.25) is 5.02 Å². The van der Waals surface area contributed by atoms with Crippen LogP contribution in [0.1, 0.15) is 36.0 Å². The number of nitrogens with one attached hydrogen (secondary N) is 2. The number of aryl methyl sites for hydroxylation is 1. The number of hydrogen-bond acceptors (Lipinski definition) is 3. The van der Waals surface area contributed by atoms with E-state index in [0.717, 1.165) is 41.8 Å². The van der Waals surface area contributed by atoms with Gasteiger partial charge in [0.05, 0.1) is 11.6 Å². The van der Waals surface area contributed by atoms with E-state index in [1.54, 1.807) is 24.3 Å². The fourth-order valence-electron chi connectivity index (χ4n) is 3.85. The van der Waals surface area contributed by atoms with E-state index in [9.17, 15) is 14.4 Å². The molecule has 0 radical (unpaired) electrons. The van der Waals surface area contributed by atoms with E-state index in [-0.39, 0.29) is 18.4 Å². The molecule has 2 aromatic rings. The second-order valence-corrected chi connectivity index (χ2v) is 7.52. The van der Waals surface area contributed by atoms with Crippen molar-refractivity contribution in [1.82, 2.24) is 5.32 Å². The Balaban J connectivity index is 1.47. The lowest BCUT2D eigenvalue weighted by molar-refractivity contribution is -0.136. The monoisotopic (exact) mass is 397 g/mol. The van der Waals surface area contributed by atoms with Gasteiger partial charge in [0.25, 0.3) is 0 Å². The van der Waals surface area contributed by atoms with Crippen LogP contribution in [0.4, 0.5) is 11.4 Å². The third-order valence-electron chi connectivity index (χ3n) is 5.28. The van der Waals surface area contributed by atoms with E-state index in [2.05, 4.69) is 10.6 Å². The molecule has 1 unspecified atom stereocenters. The van der Waals surface area contributed by atoms with Crippen LogP contribution in [0.25, 0.3) is 0 Å². The smallest absolute Gasteiger partial charge is 0.313 e. The van der Waals surface area contributed by atoms with Crippen molar-refractivity contribution < 1.29 is 14.4 Å². The number of carbonyl (C=O) groups is 3.